The predicted octanol–water partition coefficient (Wildman–Crippen LogP) is 2.80. The van der Waals surface area contributed by atoms with Crippen LogP contribution in [0, 0.1) is 0 Å². The minimum absolute atomic E-state index is 0.120. The van der Waals surface area contributed by atoms with E-state index in [1.807, 2.05) is 24.3 Å². The second-order valence-electron chi connectivity index (χ2n) is 5.23. The fraction of sp³-hybridized carbons (Fsp3) is 0.250. The molecule has 4 heteroatoms. The molecule has 3 rings (SSSR count). The van der Waals surface area contributed by atoms with Gasteiger partial charge in [-0.05, 0) is 42.0 Å². The van der Waals surface area contributed by atoms with E-state index < -0.39 is 10.0 Å². The minimum Gasteiger partial charge on any atom is -0.225 e. The summed E-state index contributed by atoms with van der Waals surface area (Å²) in [7, 11) is -3.69. The number of fused-ring (bicyclic) bond motifs is 1. The summed E-state index contributed by atoms with van der Waals surface area (Å²) >= 11 is 0. The molecule has 104 valence electrons. The zero-order valence-electron chi connectivity index (χ0n) is 11.1. The number of sulfonamides is 1. The standard InChI is InChI=1S/C16H17NO2S/c17-20(18,19)16-11-4-3-9-15(16)14-10-5-7-12-6-1-2-8-13(12)14/h1-4,6,8-9,11,14H,5,7,10H2,(H2,17,18,19). The highest BCUT2D eigenvalue weighted by Crippen LogP contribution is 2.38. The summed E-state index contributed by atoms with van der Waals surface area (Å²) in [5.74, 6) is 0.120. The molecule has 0 spiro atoms. The molecule has 2 N–H and O–H groups in total. The SMILES string of the molecule is NS(=O)(=O)c1ccccc1C1CCCc2ccccc21. The van der Waals surface area contributed by atoms with Crippen molar-refractivity contribution >= 4 is 10.0 Å². The van der Waals surface area contributed by atoms with Crippen molar-refractivity contribution in [1.82, 2.24) is 0 Å². The van der Waals surface area contributed by atoms with Crippen LogP contribution in [0.4, 0.5) is 0 Å². The van der Waals surface area contributed by atoms with Gasteiger partial charge in [-0.3, -0.25) is 0 Å². The highest BCUT2D eigenvalue weighted by Gasteiger charge is 2.26. The number of aryl methyl sites for hydroxylation is 1. The van der Waals surface area contributed by atoms with E-state index >= 15 is 0 Å². The largest absolute Gasteiger partial charge is 0.238 e. The molecular formula is C16H17NO2S. The maximum Gasteiger partial charge on any atom is 0.238 e. The summed E-state index contributed by atoms with van der Waals surface area (Å²) in [6.45, 7) is 0. The zero-order chi connectivity index (χ0) is 14.2. The van der Waals surface area contributed by atoms with Crippen molar-refractivity contribution < 1.29 is 8.42 Å². The van der Waals surface area contributed by atoms with Gasteiger partial charge < -0.3 is 0 Å². The van der Waals surface area contributed by atoms with Crippen LogP contribution in [-0.4, -0.2) is 8.42 Å². The van der Waals surface area contributed by atoms with Gasteiger partial charge in [-0.15, -0.1) is 0 Å². The fourth-order valence-corrected chi connectivity index (χ4v) is 3.91. The van der Waals surface area contributed by atoms with Crippen LogP contribution in [0.3, 0.4) is 0 Å². The van der Waals surface area contributed by atoms with Crippen LogP contribution in [0.2, 0.25) is 0 Å². The molecule has 0 fully saturated rings. The quantitative estimate of drug-likeness (QED) is 0.923. The Kier molecular flexibility index (Phi) is 3.36. The van der Waals surface area contributed by atoms with Gasteiger partial charge in [0.1, 0.15) is 0 Å². The lowest BCUT2D eigenvalue weighted by molar-refractivity contribution is 0.585. The van der Waals surface area contributed by atoms with Gasteiger partial charge in [-0.1, -0.05) is 42.5 Å². The summed E-state index contributed by atoms with van der Waals surface area (Å²) in [5.41, 5.74) is 3.37. The number of hydrogen-bond acceptors (Lipinski definition) is 2. The van der Waals surface area contributed by atoms with Crippen LogP contribution < -0.4 is 5.14 Å². The van der Waals surface area contributed by atoms with Crippen molar-refractivity contribution in [2.24, 2.45) is 5.14 Å². The van der Waals surface area contributed by atoms with E-state index in [1.165, 1.54) is 11.1 Å². The van der Waals surface area contributed by atoms with Crippen molar-refractivity contribution in [2.75, 3.05) is 0 Å². The van der Waals surface area contributed by atoms with E-state index in [2.05, 4.69) is 12.1 Å². The van der Waals surface area contributed by atoms with Crippen molar-refractivity contribution in [3.63, 3.8) is 0 Å². The zero-order valence-corrected chi connectivity index (χ0v) is 11.9. The lowest BCUT2D eigenvalue weighted by Gasteiger charge is -2.27. The lowest BCUT2D eigenvalue weighted by Crippen LogP contribution is -2.18. The molecule has 3 nitrogen and oxygen atoms in total. The minimum atomic E-state index is -3.69. The van der Waals surface area contributed by atoms with Gasteiger partial charge in [0.15, 0.2) is 0 Å². The Labute approximate surface area is 119 Å². The smallest absolute Gasteiger partial charge is 0.225 e. The van der Waals surface area contributed by atoms with Gasteiger partial charge in [0.05, 0.1) is 4.90 Å². The van der Waals surface area contributed by atoms with Gasteiger partial charge in [0, 0.05) is 5.92 Å². The molecule has 0 amide bonds. The Morgan fingerprint density at radius 2 is 1.60 bits per heavy atom. The second kappa shape index (κ2) is 5.04. The molecule has 0 saturated carbocycles. The average molecular weight is 287 g/mol. The van der Waals surface area contributed by atoms with E-state index in [-0.39, 0.29) is 10.8 Å². The van der Waals surface area contributed by atoms with E-state index in [9.17, 15) is 8.42 Å². The van der Waals surface area contributed by atoms with Crippen LogP contribution in [0.5, 0.6) is 0 Å². The number of hydrogen-bond donors (Lipinski definition) is 1. The van der Waals surface area contributed by atoms with Crippen LogP contribution in [0.15, 0.2) is 53.4 Å². The van der Waals surface area contributed by atoms with Crippen LogP contribution in [0.1, 0.15) is 35.4 Å². The Hall–Kier alpha value is -1.65. The predicted molar refractivity (Wildman–Crippen MR) is 79.0 cm³/mol. The van der Waals surface area contributed by atoms with Crippen molar-refractivity contribution in [3.05, 3.63) is 65.2 Å². The first-order valence-electron chi connectivity index (χ1n) is 6.77. The molecule has 2 aromatic rings. The Balaban J connectivity index is 2.17. The Bertz CT molecular complexity index is 738. The van der Waals surface area contributed by atoms with Crippen LogP contribution in [-0.2, 0) is 16.4 Å². The molecule has 20 heavy (non-hydrogen) atoms. The molecule has 1 aliphatic rings. The van der Waals surface area contributed by atoms with Gasteiger partial charge in [-0.2, -0.15) is 0 Å². The molecule has 2 aromatic carbocycles. The summed E-state index contributed by atoms with van der Waals surface area (Å²) in [4.78, 5) is 0.252. The molecule has 0 saturated heterocycles. The van der Waals surface area contributed by atoms with E-state index in [1.54, 1.807) is 12.1 Å². The number of benzene rings is 2. The molecule has 0 radical (unpaired) electrons. The van der Waals surface area contributed by atoms with Gasteiger partial charge in [0.2, 0.25) is 10.0 Å². The van der Waals surface area contributed by atoms with Gasteiger partial charge in [-0.25, -0.2) is 13.6 Å². The summed E-state index contributed by atoms with van der Waals surface area (Å²) in [6.07, 6.45) is 3.09. The van der Waals surface area contributed by atoms with Crippen LogP contribution >= 0.6 is 0 Å². The molecule has 1 atom stereocenters. The van der Waals surface area contributed by atoms with Crippen molar-refractivity contribution in [3.8, 4) is 0 Å². The number of nitrogens with two attached hydrogens (primary N) is 1. The molecule has 0 bridgehead atoms. The second-order valence-corrected chi connectivity index (χ2v) is 6.76. The maximum atomic E-state index is 11.8. The first-order valence-corrected chi connectivity index (χ1v) is 8.31. The third-order valence-electron chi connectivity index (χ3n) is 3.97. The maximum absolute atomic E-state index is 11.8. The van der Waals surface area contributed by atoms with Gasteiger partial charge >= 0.3 is 0 Å². The molecule has 1 aliphatic carbocycles. The molecular weight excluding hydrogens is 270 g/mol. The average Bonchev–Trinajstić information content (AvgIpc) is 2.46. The van der Waals surface area contributed by atoms with Gasteiger partial charge in [0.25, 0.3) is 0 Å². The first kappa shape index (κ1) is 13.3. The highest BCUT2D eigenvalue weighted by atomic mass is 32.2. The van der Waals surface area contributed by atoms with Crippen molar-refractivity contribution in [2.45, 2.75) is 30.1 Å². The number of primary sulfonamides is 1. The molecule has 1 unspecified atom stereocenters. The summed E-state index contributed by atoms with van der Waals surface area (Å²) < 4.78 is 23.6. The summed E-state index contributed by atoms with van der Waals surface area (Å²) in [6, 6.07) is 15.3. The Morgan fingerprint density at radius 3 is 2.35 bits per heavy atom. The van der Waals surface area contributed by atoms with Crippen molar-refractivity contribution in [1.29, 1.82) is 0 Å². The van der Waals surface area contributed by atoms with Crippen LogP contribution in [0.25, 0.3) is 0 Å². The monoisotopic (exact) mass is 287 g/mol. The first-order chi connectivity index (χ1) is 9.57. The van der Waals surface area contributed by atoms with E-state index in [4.69, 9.17) is 5.14 Å². The highest BCUT2D eigenvalue weighted by molar-refractivity contribution is 7.89. The van der Waals surface area contributed by atoms with E-state index in [0.717, 1.165) is 24.8 Å². The van der Waals surface area contributed by atoms with E-state index in [0.29, 0.717) is 0 Å². The molecule has 0 heterocycles. The Morgan fingerprint density at radius 1 is 0.950 bits per heavy atom. The third-order valence-corrected chi connectivity index (χ3v) is 4.96. The summed E-state index contributed by atoms with van der Waals surface area (Å²) in [5, 5.41) is 5.36. The third kappa shape index (κ3) is 2.37. The lowest BCUT2D eigenvalue weighted by atomic mass is 9.79. The fourth-order valence-electron chi connectivity index (χ4n) is 3.10. The molecule has 0 aromatic heterocycles. The molecule has 0 aliphatic heterocycles. The number of rotatable bonds is 2. The normalized spacial score (nSPS) is 18.6. The topological polar surface area (TPSA) is 60.2 Å².